The van der Waals surface area contributed by atoms with Crippen LogP contribution < -0.4 is 0 Å². The van der Waals surface area contributed by atoms with E-state index in [1.54, 1.807) is 0 Å². The molecule has 21 heavy (non-hydrogen) atoms. The van der Waals surface area contributed by atoms with Crippen molar-refractivity contribution >= 4 is 11.9 Å². The molecular weight excluding hydrogens is 268 g/mol. The molecule has 0 saturated heterocycles. The van der Waals surface area contributed by atoms with Crippen molar-refractivity contribution in [3.8, 4) is 0 Å². The molecule has 2 aliphatic carbocycles. The van der Waals surface area contributed by atoms with Gasteiger partial charge in [-0.2, -0.15) is 0 Å². The van der Waals surface area contributed by atoms with Gasteiger partial charge in [0.25, 0.3) is 0 Å². The van der Waals surface area contributed by atoms with Gasteiger partial charge in [0, 0.05) is 0 Å². The van der Waals surface area contributed by atoms with Crippen molar-refractivity contribution in [2.24, 2.45) is 23.7 Å². The van der Waals surface area contributed by atoms with Gasteiger partial charge in [-0.05, 0) is 63.2 Å². The van der Waals surface area contributed by atoms with Gasteiger partial charge in [0.2, 0.25) is 6.79 Å². The molecule has 0 spiro atoms. The van der Waals surface area contributed by atoms with Gasteiger partial charge < -0.3 is 9.47 Å². The maximum Gasteiger partial charge on any atom is 0.311 e. The fraction of sp³-hybridized carbons (Fsp3) is 0.882. The van der Waals surface area contributed by atoms with Crippen LogP contribution in [0.15, 0.2) is 0 Å². The average Bonchev–Trinajstić information content (AvgIpc) is 2.48. The van der Waals surface area contributed by atoms with Crippen molar-refractivity contribution in [1.29, 1.82) is 0 Å². The van der Waals surface area contributed by atoms with Gasteiger partial charge >= 0.3 is 11.9 Å². The number of carbonyl (C=O) groups excluding carboxylic acids is 2. The molecule has 4 heteroatoms. The number of hydrogen-bond donors (Lipinski definition) is 0. The third-order valence-electron chi connectivity index (χ3n) is 5.10. The Balaban J connectivity index is 1.62. The molecule has 0 amide bonds. The number of carbonyl (C=O) groups is 2. The monoisotopic (exact) mass is 296 g/mol. The summed E-state index contributed by atoms with van der Waals surface area (Å²) in [4.78, 5) is 23.8. The van der Waals surface area contributed by atoms with Gasteiger partial charge in [0.15, 0.2) is 0 Å². The second-order valence-electron chi connectivity index (χ2n) is 6.96. The molecule has 120 valence electrons. The van der Waals surface area contributed by atoms with E-state index in [-0.39, 0.29) is 30.6 Å². The molecule has 0 aromatic heterocycles. The normalized spacial score (nSPS) is 33.2. The van der Waals surface area contributed by atoms with Crippen molar-refractivity contribution in [3.63, 3.8) is 0 Å². The molecule has 0 bridgehead atoms. The Morgan fingerprint density at radius 3 is 1.38 bits per heavy atom. The lowest BCUT2D eigenvalue weighted by molar-refractivity contribution is -0.174. The van der Waals surface area contributed by atoms with Crippen LogP contribution in [0.4, 0.5) is 0 Å². The lowest BCUT2D eigenvalue weighted by Gasteiger charge is -2.25. The van der Waals surface area contributed by atoms with Crippen molar-refractivity contribution in [3.05, 3.63) is 0 Å². The quantitative estimate of drug-likeness (QED) is 0.586. The Labute approximate surface area is 127 Å². The first-order valence-electron chi connectivity index (χ1n) is 8.39. The van der Waals surface area contributed by atoms with E-state index in [0.29, 0.717) is 11.8 Å². The number of hydrogen-bond acceptors (Lipinski definition) is 4. The smallest absolute Gasteiger partial charge is 0.311 e. The molecule has 2 fully saturated rings. The van der Waals surface area contributed by atoms with E-state index in [2.05, 4.69) is 13.8 Å². The fourth-order valence-electron chi connectivity index (χ4n) is 3.37. The van der Waals surface area contributed by atoms with Crippen molar-refractivity contribution in [1.82, 2.24) is 0 Å². The first-order valence-corrected chi connectivity index (χ1v) is 8.39. The van der Waals surface area contributed by atoms with Crippen LogP contribution in [0.3, 0.4) is 0 Å². The third-order valence-corrected chi connectivity index (χ3v) is 5.10. The lowest BCUT2D eigenvalue weighted by Crippen LogP contribution is -2.27. The summed E-state index contributed by atoms with van der Waals surface area (Å²) >= 11 is 0. The number of rotatable bonds is 4. The summed E-state index contributed by atoms with van der Waals surface area (Å²) in [6.45, 7) is 4.22. The zero-order chi connectivity index (χ0) is 15.2. The zero-order valence-electron chi connectivity index (χ0n) is 13.3. The third kappa shape index (κ3) is 5.01. The molecule has 0 aromatic rings. The van der Waals surface area contributed by atoms with Crippen LogP contribution in [-0.4, -0.2) is 18.7 Å². The van der Waals surface area contributed by atoms with E-state index >= 15 is 0 Å². The van der Waals surface area contributed by atoms with Gasteiger partial charge in [-0.25, -0.2) is 0 Å². The minimum Gasteiger partial charge on any atom is -0.428 e. The van der Waals surface area contributed by atoms with Gasteiger partial charge in [-0.15, -0.1) is 0 Å². The SMILES string of the molecule is CC1CCC(C(=O)OCOC(=O)C2CCC(C)CC2)CC1. The average molecular weight is 296 g/mol. The summed E-state index contributed by atoms with van der Waals surface area (Å²) < 4.78 is 10.2. The van der Waals surface area contributed by atoms with Crippen LogP contribution in [0.1, 0.15) is 65.2 Å². The molecule has 0 radical (unpaired) electrons. The highest BCUT2D eigenvalue weighted by atomic mass is 16.7. The van der Waals surface area contributed by atoms with Crippen molar-refractivity contribution < 1.29 is 19.1 Å². The van der Waals surface area contributed by atoms with Crippen LogP contribution in [0.5, 0.6) is 0 Å². The summed E-state index contributed by atoms with van der Waals surface area (Å²) in [5, 5.41) is 0. The summed E-state index contributed by atoms with van der Waals surface area (Å²) in [6.07, 6.45) is 7.92. The van der Waals surface area contributed by atoms with Gasteiger partial charge in [-0.1, -0.05) is 13.8 Å². The second-order valence-corrected chi connectivity index (χ2v) is 6.96. The minimum absolute atomic E-state index is 0.00423. The van der Waals surface area contributed by atoms with Gasteiger partial charge in [0.05, 0.1) is 11.8 Å². The largest absolute Gasteiger partial charge is 0.428 e. The predicted octanol–water partition coefficient (Wildman–Crippen LogP) is 3.68. The predicted molar refractivity (Wildman–Crippen MR) is 79.3 cm³/mol. The van der Waals surface area contributed by atoms with Crippen LogP contribution in [0, 0.1) is 23.7 Å². The molecule has 0 atom stereocenters. The van der Waals surface area contributed by atoms with Crippen molar-refractivity contribution in [2.75, 3.05) is 6.79 Å². The fourth-order valence-corrected chi connectivity index (χ4v) is 3.37. The zero-order valence-corrected chi connectivity index (χ0v) is 13.3. The Bertz CT molecular complexity index is 316. The Kier molecular flexibility index (Phi) is 6.07. The molecule has 2 saturated carbocycles. The van der Waals surface area contributed by atoms with Crippen LogP contribution in [0.25, 0.3) is 0 Å². The molecule has 4 nitrogen and oxygen atoms in total. The van der Waals surface area contributed by atoms with E-state index in [9.17, 15) is 9.59 Å². The van der Waals surface area contributed by atoms with E-state index < -0.39 is 0 Å². The van der Waals surface area contributed by atoms with E-state index in [1.165, 1.54) is 0 Å². The second kappa shape index (κ2) is 7.81. The highest BCUT2D eigenvalue weighted by Crippen LogP contribution is 2.30. The topological polar surface area (TPSA) is 52.6 Å². The summed E-state index contributed by atoms with van der Waals surface area (Å²) in [6, 6.07) is 0. The number of ether oxygens (including phenoxy) is 2. The molecular formula is C17H28O4. The maximum absolute atomic E-state index is 11.9. The Morgan fingerprint density at radius 2 is 1.05 bits per heavy atom. The standard InChI is InChI=1S/C17H28O4/c1-12-3-7-14(8-4-12)16(18)20-11-21-17(19)15-9-5-13(2)6-10-15/h12-15H,3-11H2,1-2H3. The first-order chi connectivity index (χ1) is 10.1. The lowest BCUT2D eigenvalue weighted by atomic mass is 9.83. The highest BCUT2D eigenvalue weighted by molar-refractivity contribution is 5.74. The van der Waals surface area contributed by atoms with E-state index in [4.69, 9.17) is 9.47 Å². The summed E-state index contributed by atoms with van der Waals surface area (Å²) in [5.74, 6) is 1.01. The molecule has 0 aromatic carbocycles. The Morgan fingerprint density at radius 1 is 0.714 bits per heavy atom. The minimum atomic E-state index is -0.213. The van der Waals surface area contributed by atoms with Gasteiger partial charge in [0.1, 0.15) is 0 Å². The highest BCUT2D eigenvalue weighted by Gasteiger charge is 2.27. The van der Waals surface area contributed by atoms with E-state index in [1.807, 2.05) is 0 Å². The Hall–Kier alpha value is -1.06. The van der Waals surface area contributed by atoms with Crippen molar-refractivity contribution in [2.45, 2.75) is 65.2 Å². The van der Waals surface area contributed by atoms with Gasteiger partial charge in [-0.3, -0.25) is 9.59 Å². The number of esters is 2. The molecule has 0 heterocycles. The molecule has 0 unspecified atom stereocenters. The molecule has 2 rings (SSSR count). The summed E-state index contributed by atoms with van der Waals surface area (Å²) in [5.41, 5.74) is 0. The molecule has 0 aliphatic heterocycles. The first kappa shape index (κ1) is 16.3. The maximum atomic E-state index is 11.9. The van der Waals surface area contributed by atoms with Crippen LogP contribution >= 0.6 is 0 Å². The molecule has 0 N–H and O–H groups in total. The van der Waals surface area contributed by atoms with Crippen LogP contribution in [0.2, 0.25) is 0 Å². The van der Waals surface area contributed by atoms with E-state index in [0.717, 1.165) is 51.4 Å². The molecule has 2 aliphatic rings. The summed E-state index contributed by atoms with van der Waals surface area (Å²) in [7, 11) is 0. The van der Waals surface area contributed by atoms with Crippen LogP contribution in [-0.2, 0) is 19.1 Å².